The number of rotatable bonds is 6. The van der Waals surface area contributed by atoms with Crippen LogP contribution in [0.5, 0.6) is 0 Å². The van der Waals surface area contributed by atoms with Gasteiger partial charge < -0.3 is 15.4 Å². The second-order valence-corrected chi connectivity index (χ2v) is 6.08. The molecule has 1 heterocycles. The molecule has 124 valence electrons. The van der Waals surface area contributed by atoms with Crippen LogP contribution in [0.3, 0.4) is 0 Å². The largest absolute Gasteiger partial charge is 0.481 e. The van der Waals surface area contributed by atoms with Crippen molar-refractivity contribution < 1.29 is 14.7 Å². The van der Waals surface area contributed by atoms with Gasteiger partial charge in [0.2, 0.25) is 0 Å². The van der Waals surface area contributed by atoms with E-state index in [-0.39, 0.29) is 12.5 Å². The maximum atomic E-state index is 12.6. The van der Waals surface area contributed by atoms with Crippen LogP contribution in [0, 0.1) is 19.3 Å². The molecule has 1 aromatic heterocycles. The molecule has 0 bridgehead atoms. The van der Waals surface area contributed by atoms with E-state index in [0.29, 0.717) is 18.4 Å². The summed E-state index contributed by atoms with van der Waals surface area (Å²) in [4.78, 5) is 27.3. The molecule has 5 nitrogen and oxygen atoms in total. The number of H-pyrrole nitrogens is 1. The predicted molar refractivity (Wildman–Crippen MR) is 90.8 cm³/mol. The lowest BCUT2D eigenvalue weighted by Crippen LogP contribution is -2.42. The van der Waals surface area contributed by atoms with Gasteiger partial charge in [-0.1, -0.05) is 26.0 Å². The van der Waals surface area contributed by atoms with E-state index in [1.165, 1.54) is 0 Å². The van der Waals surface area contributed by atoms with Gasteiger partial charge in [0, 0.05) is 17.6 Å². The summed E-state index contributed by atoms with van der Waals surface area (Å²) in [5.41, 5.74) is 2.59. The van der Waals surface area contributed by atoms with Crippen molar-refractivity contribution in [3.05, 3.63) is 35.0 Å². The fraction of sp³-hybridized carbons (Fsp3) is 0.444. The molecule has 0 radical (unpaired) electrons. The quantitative estimate of drug-likeness (QED) is 0.764. The van der Waals surface area contributed by atoms with Crippen LogP contribution in [0.4, 0.5) is 0 Å². The third kappa shape index (κ3) is 2.96. The standard InChI is InChI=1S/C18H24N2O3/c1-5-18(6-2,17(22)23)10-19-16(21)14-9-7-8-13-11(3)12(4)20-15(13)14/h7-9,20H,5-6,10H2,1-4H3,(H,19,21)(H,22,23). The molecule has 0 atom stereocenters. The van der Waals surface area contributed by atoms with Crippen LogP contribution in [-0.4, -0.2) is 28.5 Å². The van der Waals surface area contributed by atoms with Crippen LogP contribution < -0.4 is 5.32 Å². The first-order chi connectivity index (χ1) is 10.9. The number of fused-ring (bicyclic) bond motifs is 1. The van der Waals surface area contributed by atoms with Gasteiger partial charge >= 0.3 is 5.97 Å². The zero-order valence-corrected chi connectivity index (χ0v) is 14.1. The normalized spacial score (nSPS) is 11.7. The van der Waals surface area contributed by atoms with E-state index in [4.69, 9.17) is 0 Å². The topological polar surface area (TPSA) is 82.2 Å². The molecule has 0 unspecified atom stereocenters. The minimum absolute atomic E-state index is 0.128. The number of benzene rings is 1. The van der Waals surface area contributed by atoms with Gasteiger partial charge in [-0.3, -0.25) is 9.59 Å². The number of carbonyl (C=O) groups excluding carboxylic acids is 1. The van der Waals surface area contributed by atoms with Crippen LogP contribution in [0.15, 0.2) is 18.2 Å². The van der Waals surface area contributed by atoms with Gasteiger partial charge in [0.15, 0.2) is 0 Å². The highest BCUT2D eigenvalue weighted by atomic mass is 16.4. The SMILES string of the molecule is CCC(CC)(CNC(=O)c1cccc2c(C)c(C)[nH]c12)C(=O)O. The van der Waals surface area contributed by atoms with Gasteiger partial charge in [-0.15, -0.1) is 0 Å². The van der Waals surface area contributed by atoms with E-state index in [1.54, 1.807) is 6.07 Å². The molecular formula is C18H24N2O3. The fourth-order valence-electron chi connectivity index (χ4n) is 2.89. The molecule has 0 saturated carbocycles. The third-order valence-corrected chi connectivity index (χ3v) is 4.98. The van der Waals surface area contributed by atoms with E-state index in [1.807, 2.05) is 39.8 Å². The molecule has 0 aliphatic carbocycles. The smallest absolute Gasteiger partial charge is 0.311 e. The Morgan fingerprint density at radius 1 is 1.22 bits per heavy atom. The Balaban J connectivity index is 2.28. The molecule has 2 aromatic rings. The zero-order chi connectivity index (χ0) is 17.2. The number of aryl methyl sites for hydroxylation is 2. The van der Waals surface area contributed by atoms with Crippen molar-refractivity contribution in [1.82, 2.24) is 10.3 Å². The maximum Gasteiger partial charge on any atom is 0.311 e. The average Bonchev–Trinajstić information content (AvgIpc) is 2.83. The number of nitrogens with one attached hydrogen (secondary N) is 2. The molecule has 0 saturated heterocycles. The number of carbonyl (C=O) groups is 2. The second kappa shape index (κ2) is 6.44. The van der Waals surface area contributed by atoms with Gasteiger partial charge in [0.25, 0.3) is 5.91 Å². The number of hydrogen-bond acceptors (Lipinski definition) is 2. The Labute approximate surface area is 136 Å². The van der Waals surface area contributed by atoms with E-state index in [9.17, 15) is 14.7 Å². The molecule has 0 fully saturated rings. The van der Waals surface area contributed by atoms with Gasteiger partial charge in [-0.25, -0.2) is 0 Å². The first kappa shape index (κ1) is 17.1. The number of aliphatic carboxylic acids is 1. The Kier molecular flexibility index (Phi) is 4.78. The Bertz CT molecular complexity index is 742. The van der Waals surface area contributed by atoms with Crippen molar-refractivity contribution in [3.63, 3.8) is 0 Å². The van der Waals surface area contributed by atoms with Gasteiger partial charge in [-0.05, 0) is 38.3 Å². The summed E-state index contributed by atoms with van der Waals surface area (Å²) in [5.74, 6) is -1.11. The highest BCUT2D eigenvalue weighted by Gasteiger charge is 2.35. The van der Waals surface area contributed by atoms with Crippen molar-refractivity contribution in [2.45, 2.75) is 40.5 Å². The molecule has 23 heavy (non-hydrogen) atoms. The minimum Gasteiger partial charge on any atom is -0.481 e. The maximum absolute atomic E-state index is 12.6. The molecule has 3 N–H and O–H groups in total. The first-order valence-electron chi connectivity index (χ1n) is 7.95. The molecule has 2 rings (SSSR count). The Morgan fingerprint density at radius 2 is 1.87 bits per heavy atom. The van der Waals surface area contributed by atoms with Crippen molar-refractivity contribution >= 4 is 22.8 Å². The van der Waals surface area contributed by atoms with Crippen molar-refractivity contribution in [1.29, 1.82) is 0 Å². The van der Waals surface area contributed by atoms with Gasteiger partial charge in [0.05, 0.1) is 16.5 Å². The zero-order valence-electron chi connectivity index (χ0n) is 14.1. The molecule has 1 amide bonds. The third-order valence-electron chi connectivity index (χ3n) is 4.98. The summed E-state index contributed by atoms with van der Waals surface area (Å²) in [7, 11) is 0. The van der Waals surface area contributed by atoms with E-state index < -0.39 is 11.4 Å². The van der Waals surface area contributed by atoms with Crippen molar-refractivity contribution in [2.75, 3.05) is 6.54 Å². The fourth-order valence-corrected chi connectivity index (χ4v) is 2.89. The Morgan fingerprint density at radius 3 is 2.43 bits per heavy atom. The lowest BCUT2D eigenvalue weighted by Gasteiger charge is -2.26. The van der Waals surface area contributed by atoms with Crippen LogP contribution in [0.2, 0.25) is 0 Å². The summed E-state index contributed by atoms with van der Waals surface area (Å²) < 4.78 is 0. The van der Waals surface area contributed by atoms with Crippen LogP contribution in [0.25, 0.3) is 10.9 Å². The molecule has 5 heteroatoms. The number of carboxylic acid groups (broad SMARTS) is 1. The van der Waals surface area contributed by atoms with E-state index in [0.717, 1.165) is 22.2 Å². The number of aromatic amines is 1. The summed E-state index contributed by atoms with van der Waals surface area (Å²) in [6, 6.07) is 5.58. The summed E-state index contributed by atoms with van der Waals surface area (Å²) in [6.45, 7) is 7.79. The molecule has 0 aliphatic rings. The lowest BCUT2D eigenvalue weighted by molar-refractivity contribution is -0.149. The summed E-state index contributed by atoms with van der Waals surface area (Å²) in [5, 5.41) is 13.3. The number of para-hydroxylation sites is 1. The monoisotopic (exact) mass is 316 g/mol. The molecule has 0 aliphatic heterocycles. The van der Waals surface area contributed by atoms with Crippen LogP contribution >= 0.6 is 0 Å². The highest BCUT2D eigenvalue weighted by Crippen LogP contribution is 2.27. The van der Waals surface area contributed by atoms with Crippen molar-refractivity contribution in [3.8, 4) is 0 Å². The van der Waals surface area contributed by atoms with Gasteiger partial charge in [-0.2, -0.15) is 0 Å². The number of aromatic nitrogens is 1. The first-order valence-corrected chi connectivity index (χ1v) is 7.95. The molecular weight excluding hydrogens is 292 g/mol. The average molecular weight is 316 g/mol. The van der Waals surface area contributed by atoms with E-state index >= 15 is 0 Å². The van der Waals surface area contributed by atoms with Crippen molar-refractivity contribution in [2.24, 2.45) is 5.41 Å². The minimum atomic E-state index is -0.912. The number of carboxylic acids is 1. The molecule has 0 spiro atoms. The number of hydrogen-bond donors (Lipinski definition) is 3. The van der Waals surface area contributed by atoms with Crippen LogP contribution in [-0.2, 0) is 4.79 Å². The lowest BCUT2D eigenvalue weighted by atomic mass is 9.82. The van der Waals surface area contributed by atoms with E-state index in [2.05, 4.69) is 10.3 Å². The predicted octanol–water partition coefficient (Wildman–Crippen LogP) is 3.41. The Hall–Kier alpha value is -2.30. The van der Waals surface area contributed by atoms with Gasteiger partial charge in [0.1, 0.15) is 0 Å². The second-order valence-electron chi connectivity index (χ2n) is 6.08. The van der Waals surface area contributed by atoms with Crippen LogP contribution in [0.1, 0.15) is 48.3 Å². The summed E-state index contributed by atoms with van der Waals surface area (Å²) in [6.07, 6.45) is 0.952. The summed E-state index contributed by atoms with van der Waals surface area (Å²) >= 11 is 0. The number of amides is 1. The molecule has 1 aromatic carbocycles. The highest BCUT2D eigenvalue weighted by molar-refractivity contribution is 6.06.